The summed E-state index contributed by atoms with van der Waals surface area (Å²) in [6.45, 7) is 5.97. The van der Waals surface area contributed by atoms with E-state index in [0.717, 1.165) is 43.9 Å². The van der Waals surface area contributed by atoms with Crippen molar-refractivity contribution in [3.8, 4) is 0 Å². The summed E-state index contributed by atoms with van der Waals surface area (Å²) in [6, 6.07) is 2.85. The molecule has 6 atom stereocenters. The second-order valence-electron chi connectivity index (χ2n) is 7.67. The average Bonchev–Trinajstić information content (AvgIpc) is 3.04. The summed E-state index contributed by atoms with van der Waals surface area (Å²) < 4.78 is 11.5. The van der Waals surface area contributed by atoms with Gasteiger partial charge in [-0.2, -0.15) is 0 Å². The fourth-order valence-corrected chi connectivity index (χ4v) is 4.59. The summed E-state index contributed by atoms with van der Waals surface area (Å²) in [4.78, 5) is 11.4. The lowest BCUT2D eigenvalue weighted by Gasteiger charge is -2.36. The number of hydrogen-bond donors (Lipinski definition) is 2. The van der Waals surface area contributed by atoms with Gasteiger partial charge < -0.3 is 14.4 Å². The van der Waals surface area contributed by atoms with Crippen molar-refractivity contribution in [2.24, 2.45) is 5.92 Å². The summed E-state index contributed by atoms with van der Waals surface area (Å²) in [5.74, 6) is 1.50. The topological polar surface area (TPSA) is 71.5 Å². The highest BCUT2D eigenvalue weighted by molar-refractivity contribution is 5.40. The molecule has 7 nitrogen and oxygen atoms in total. The Morgan fingerprint density at radius 1 is 1.16 bits per heavy atom. The maximum absolute atomic E-state index is 5.84. The van der Waals surface area contributed by atoms with E-state index in [1.54, 1.807) is 6.33 Å². The number of nitrogens with one attached hydrogen (secondary N) is 2. The van der Waals surface area contributed by atoms with Crippen LogP contribution in [-0.4, -0.2) is 54.5 Å². The first-order valence-corrected chi connectivity index (χ1v) is 9.40. The smallest absolute Gasteiger partial charge is 0.132 e. The Labute approximate surface area is 149 Å². The molecule has 2 N–H and O–H groups in total. The average molecular weight is 347 g/mol. The van der Waals surface area contributed by atoms with Gasteiger partial charge in [-0.15, -0.1) is 0 Å². The molecule has 25 heavy (non-hydrogen) atoms. The van der Waals surface area contributed by atoms with E-state index in [1.165, 1.54) is 0 Å². The van der Waals surface area contributed by atoms with Gasteiger partial charge in [0.25, 0.3) is 0 Å². The largest absolute Gasteiger partial charge is 0.381 e. The third-order valence-electron chi connectivity index (χ3n) is 5.77. The molecule has 7 heteroatoms. The molecule has 2 saturated heterocycles. The highest BCUT2D eigenvalue weighted by Crippen LogP contribution is 2.38. The molecular weight excluding hydrogens is 318 g/mol. The van der Waals surface area contributed by atoms with Gasteiger partial charge in [-0.3, -0.25) is 5.43 Å². The fourth-order valence-electron chi connectivity index (χ4n) is 4.59. The van der Waals surface area contributed by atoms with Gasteiger partial charge >= 0.3 is 0 Å². The molecule has 0 radical (unpaired) electrons. The Balaban J connectivity index is 1.53. The molecule has 3 fully saturated rings. The first-order valence-electron chi connectivity index (χ1n) is 9.40. The van der Waals surface area contributed by atoms with Crippen LogP contribution in [0.5, 0.6) is 0 Å². The van der Waals surface area contributed by atoms with E-state index in [9.17, 15) is 0 Å². The zero-order chi connectivity index (χ0) is 17.4. The molecule has 1 saturated carbocycles. The highest BCUT2D eigenvalue weighted by Gasteiger charge is 2.42. The van der Waals surface area contributed by atoms with E-state index in [-0.39, 0.29) is 18.2 Å². The minimum Gasteiger partial charge on any atom is -0.381 e. The highest BCUT2D eigenvalue weighted by atomic mass is 16.5. The van der Waals surface area contributed by atoms with E-state index < -0.39 is 0 Å². The van der Waals surface area contributed by atoms with Crippen LogP contribution in [0.25, 0.3) is 0 Å². The Morgan fingerprint density at radius 2 is 1.96 bits per heavy atom. The van der Waals surface area contributed by atoms with E-state index in [4.69, 9.17) is 9.47 Å². The number of hydrazine groups is 1. The fraction of sp³-hybridized carbons (Fsp3) is 0.778. The standard InChI is InChI=1S/C18H29N5O2/c1-11-8-23(9-12(2)25-11)17-7-16(19-10-20-17)18-14-6-13(24-3)4-5-15(14)21-22-18/h7,10-15,18,21-22H,4-6,8-9H2,1-3H3/t11-,12+,13?,14?,15?,18?. The molecule has 4 unspecified atom stereocenters. The van der Waals surface area contributed by atoms with Crippen LogP contribution < -0.4 is 15.8 Å². The molecule has 0 amide bonds. The van der Waals surface area contributed by atoms with Crippen LogP contribution in [0.2, 0.25) is 0 Å². The number of methoxy groups -OCH3 is 1. The second-order valence-corrected chi connectivity index (χ2v) is 7.67. The van der Waals surface area contributed by atoms with Gasteiger partial charge in [0.15, 0.2) is 0 Å². The predicted octanol–water partition coefficient (Wildman–Crippen LogP) is 1.42. The molecule has 0 spiro atoms. The maximum atomic E-state index is 5.84. The summed E-state index contributed by atoms with van der Waals surface area (Å²) in [5, 5.41) is 0. The number of rotatable bonds is 3. The minimum atomic E-state index is 0.209. The zero-order valence-corrected chi connectivity index (χ0v) is 15.3. The molecule has 3 aliphatic rings. The number of morpholine rings is 1. The van der Waals surface area contributed by atoms with E-state index in [0.29, 0.717) is 18.1 Å². The van der Waals surface area contributed by atoms with Crippen molar-refractivity contribution in [3.63, 3.8) is 0 Å². The van der Waals surface area contributed by atoms with Gasteiger partial charge in [-0.05, 0) is 33.1 Å². The first-order chi connectivity index (χ1) is 12.1. The van der Waals surface area contributed by atoms with Crippen molar-refractivity contribution in [1.82, 2.24) is 20.8 Å². The summed E-state index contributed by atoms with van der Waals surface area (Å²) in [7, 11) is 1.82. The molecule has 1 aromatic heterocycles. The third-order valence-corrected chi connectivity index (χ3v) is 5.77. The molecule has 1 aliphatic carbocycles. The number of hydrogen-bond acceptors (Lipinski definition) is 7. The second kappa shape index (κ2) is 7.15. The van der Waals surface area contributed by atoms with Gasteiger partial charge in [0.2, 0.25) is 0 Å². The van der Waals surface area contributed by atoms with Gasteiger partial charge in [0.1, 0.15) is 12.1 Å². The van der Waals surface area contributed by atoms with Crippen molar-refractivity contribution < 1.29 is 9.47 Å². The number of anilines is 1. The molecule has 4 rings (SSSR count). The lowest BCUT2D eigenvalue weighted by atomic mass is 9.79. The van der Waals surface area contributed by atoms with Gasteiger partial charge in [0.05, 0.1) is 30.0 Å². The lowest BCUT2D eigenvalue weighted by Crippen LogP contribution is -2.46. The van der Waals surface area contributed by atoms with Crippen LogP contribution in [-0.2, 0) is 9.47 Å². The molecule has 2 aliphatic heterocycles. The minimum absolute atomic E-state index is 0.209. The van der Waals surface area contributed by atoms with Crippen LogP contribution in [0.15, 0.2) is 12.4 Å². The third kappa shape index (κ3) is 3.51. The molecule has 3 heterocycles. The molecule has 0 aromatic carbocycles. The van der Waals surface area contributed by atoms with Crippen molar-refractivity contribution in [3.05, 3.63) is 18.1 Å². The zero-order valence-electron chi connectivity index (χ0n) is 15.3. The van der Waals surface area contributed by atoms with Crippen LogP contribution >= 0.6 is 0 Å². The predicted molar refractivity (Wildman–Crippen MR) is 95.2 cm³/mol. The molecule has 138 valence electrons. The SMILES string of the molecule is COC1CCC2NNC(c3cc(N4C[C@@H](C)O[C@@H](C)C4)ncn3)C2C1. The van der Waals surface area contributed by atoms with Crippen molar-refractivity contribution in [1.29, 1.82) is 0 Å². The van der Waals surface area contributed by atoms with E-state index >= 15 is 0 Å². The monoisotopic (exact) mass is 347 g/mol. The molecular formula is C18H29N5O2. The van der Waals surface area contributed by atoms with Crippen molar-refractivity contribution in [2.45, 2.75) is 63.5 Å². The maximum Gasteiger partial charge on any atom is 0.132 e. The quantitative estimate of drug-likeness (QED) is 0.857. The number of fused-ring (bicyclic) bond motifs is 1. The Bertz CT molecular complexity index is 591. The summed E-state index contributed by atoms with van der Waals surface area (Å²) in [6.07, 6.45) is 5.82. The van der Waals surface area contributed by atoms with Gasteiger partial charge in [0, 0.05) is 38.2 Å². The molecule has 0 bridgehead atoms. The normalized spacial score (nSPS) is 38.6. The Hall–Kier alpha value is -1.28. The van der Waals surface area contributed by atoms with Crippen LogP contribution in [0.4, 0.5) is 5.82 Å². The van der Waals surface area contributed by atoms with Crippen LogP contribution in [0.3, 0.4) is 0 Å². The van der Waals surface area contributed by atoms with Crippen molar-refractivity contribution >= 4 is 5.82 Å². The summed E-state index contributed by atoms with van der Waals surface area (Å²) in [5.41, 5.74) is 8.00. The number of ether oxygens (including phenoxy) is 2. The Morgan fingerprint density at radius 3 is 2.72 bits per heavy atom. The van der Waals surface area contributed by atoms with E-state index in [1.807, 2.05) is 7.11 Å². The molecule has 1 aromatic rings. The van der Waals surface area contributed by atoms with Crippen molar-refractivity contribution in [2.75, 3.05) is 25.1 Å². The van der Waals surface area contributed by atoms with Gasteiger partial charge in [-0.1, -0.05) is 0 Å². The van der Waals surface area contributed by atoms with Gasteiger partial charge in [-0.25, -0.2) is 15.4 Å². The number of aromatic nitrogens is 2. The van der Waals surface area contributed by atoms with Crippen LogP contribution in [0.1, 0.15) is 44.8 Å². The van der Waals surface area contributed by atoms with E-state index in [2.05, 4.69) is 45.6 Å². The number of nitrogens with zero attached hydrogens (tertiary/aromatic N) is 3. The lowest BCUT2D eigenvalue weighted by molar-refractivity contribution is -0.00548. The van der Waals surface area contributed by atoms with Crippen LogP contribution in [0, 0.1) is 5.92 Å². The summed E-state index contributed by atoms with van der Waals surface area (Å²) >= 11 is 0. The first kappa shape index (κ1) is 17.1. The Kier molecular flexibility index (Phi) is 4.90.